The van der Waals surface area contributed by atoms with Crippen molar-refractivity contribution in [2.75, 3.05) is 32.7 Å². The number of piperazine rings is 1. The van der Waals surface area contributed by atoms with E-state index in [4.69, 9.17) is 0 Å². The van der Waals surface area contributed by atoms with Gasteiger partial charge >= 0.3 is 0 Å². The van der Waals surface area contributed by atoms with Gasteiger partial charge in [0, 0.05) is 38.1 Å². The van der Waals surface area contributed by atoms with Crippen molar-refractivity contribution < 1.29 is 4.79 Å². The minimum Gasteiger partial charge on any atom is -0.335 e. The number of carbonyl (C=O) groups is 1. The number of nitrogens with one attached hydrogen (secondary N) is 1. The first kappa shape index (κ1) is 15.7. The van der Waals surface area contributed by atoms with Crippen LogP contribution in [0, 0.1) is 5.92 Å². The van der Waals surface area contributed by atoms with Gasteiger partial charge in [-0.3, -0.25) is 14.5 Å². The summed E-state index contributed by atoms with van der Waals surface area (Å²) in [5.74, 6) is 0.547. The van der Waals surface area contributed by atoms with Gasteiger partial charge in [-0.2, -0.15) is 0 Å². The number of aromatic nitrogens is 1. The number of hydrogen-bond donors (Lipinski definition) is 1. The predicted molar refractivity (Wildman–Crippen MR) is 91.8 cm³/mol. The highest BCUT2D eigenvalue weighted by atomic mass is 16.2. The Balaban J connectivity index is 1.75. The van der Waals surface area contributed by atoms with Crippen LogP contribution >= 0.6 is 0 Å². The zero-order valence-electron chi connectivity index (χ0n) is 13.7. The average molecular weight is 313 g/mol. The number of nitrogens with zero attached hydrogens (tertiary/aromatic N) is 2. The summed E-state index contributed by atoms with van der Waals surface area (Å²) in [6, 6.07) is 9.11. The van der Waals surface area contributed by atoms with Crippen molar-refractivity contribution >= 4 is 16.7 Å². The third kappa shape index (κ3) is 3.45. The molecule has 0 atom stereocenters. The number of aromatic amines is 1. The molecule has 5 heteroatoms. The smallest absolute Gasteiger partial charge is 0.270 e. The van der Waals surface area contributed by atoms with Crippen LogP contribution in [0.4, 0.5) is 0 Å². The van der Waals surface area contributed by atoms with Crippen LogP contribution in [0.5, 0.6) is 0 Å². The molecule has 122 valence electrons. The largest absolute Gasteiger partial charge is 0.335 e. The summed E-state index contributed by atoms with van der Waals surface area (Å²) in [5, 5.41) is 1.42. The standard InChI is InChI=1S/C18H23N3O2/c1-13(2)12-20-7-9-21(10-8-20)18(23)16-11-14-5-3-4-6-15(14)17(22)19-16/h3-6,11,13H,7-10,12H2,1-2H3,(H,19,22). The van der Waals surface area contributed by atoms with Crippen LogP contribution in [0.2, 0.25) is 0 Å². The molecule has 0 bridgehead atoms. The molecule has 23 heavy (non-hydrogen) atoms. The molecule has 3 rings (SSSR count). The molecule has 0 aliphatic carbocycles. The zero-order chi connectivity index (χ0) is 16.4. The number of hydrogen-bond acceptors (Lipinski definition) is 3. The second kappa shape index (κ2) is 6.54. The van der Waals surface area contributed by atoms with E-state index in [0.29, 0.717) is 30.1 Å². The van der Waals surface area contributed by atoms with E-state index in [-0.39, 0.29) is 11.5 Å². The van der Waals surface area contributed by atoms with Crippen molar-refractivity contribution in [2.24, 2.45) is 5.92 Å². The minimum absolute atomic E-state index is 0.0861. The number of benzene rings is 1. The summed E-state index contributed by atoms with van der Waals surface area (Å²) in [7, 11) is 0. The van der Waals surface area contributed by atoms with Crippen LogP contribution < -0.4 is 5.56 Å². The first-order chi connectivity index (χ1) is 11.0. The fraction of sp³-hybridized carbons (Fsp3) is 0.444. The van der Waals surface area contributed by atoms with Crippen molar-refractivity contribution in [1.82, 2.24) is 14.8 Å². The van der Waals surface area contributed by atoms with Gasteiger partial charge in [0.15, 0.2) is 0 Å². The van der Waals surface area contributed by atoms with Gasteiger partial charge in [0.1, 0.15) is 5.69 Å². The van der Waals surface area contributed by atoms with E-state index in [1.165, 1.54) is 0 Å². The van der Waals surface area contributed by atoms with E-state index in [1.807, 2.05) is 23.1 Å². The molecular weight excluding hydrogens is 290 g/mol. The highest BCUT2D eigenvalue weighted by Gasteiger charge is 2.23. The van der Waals surface area contributed by atoms with E-state index in [9.17, 15) is 9.59 Å². The summed E-state index contributed by atoms with van der Waals surface area (Å²) < 4.78 is 0. The SMILES string of the molecule is CC(C)CN1CCN(C(=O)c2cc3ccccc3c(=O)[nH]2)CC1. The topological polar surface area (TPSA) is 56.4 Å². The third-order valence-corrected chi connectivity index (χ3v) is 4.27. The fourth-order valence-electron chi connectivity index (χ4n) is 3.15. The molecule has 1 amide bonds. The van der Waals surface area contributed by atoms with Crippen molar-refractivity contribution in [1.29, 1.82) is 0 Å². The van der Waals surface area contributed by atoms with Gasteiger partial charge in [0.25, 0.3) is 11.5 Å². The molecule has 1 aliphatic heterocycles. The summed E-state index contributed by atoms with van der Waals surface area (Å²) in [6.45, 7) is 8.67. The van der Waals surface area contributed by atoms with Gasteiger partial charge in [-0.15, -0.1) is 0 Å². The van der Waals surface area contributed by atoms with E-state index in [0.717, 1.165) is 25.0 Å². The molecule has 0 spiro atoms. The van der Waals surface area contributed by atoms with Crippen LogP contribution in [0.25, 0.3) is 10.8 Å². The maximum Gasteiger partial charge on any atom is 0.270 e. The van der Waals surface area contributed by atoms with E-state index in [1.54, 1.807) is 12.1 Å². The normalized spacial score (nSPS) is 16.2. The average Bonchev–Trinajstić information content (AvgIpc) is 2.54. The third-order valence-electron chi connectivity index (χ3n) is 4.27. The van der Waals surface area contributed by atoms with Crippen LogP contribution in [0.3, 0.4) is 0 Å². The summed E-state index contributed by atoms with van der Waals surface area (Å²) >= 11 is 0. The highest BCUT2D eigenvalue weighted by Crippen LogP contribution is 2.13. The van der Waals surface area contributed by atoms with Crippen LogP contribution in [0.15, 0.2) is 35.1 Å². The zero-order valence-corrected chi connectivity index (χ0v) is 13.7. The number of pyridine rings is 1. The summed E-state index contributed by atoms with van der Waals surface area (Å²) in [5.41, 5.74) is 0.177. The Bertz CT molecular complexity index is 758. The Morgan fingerprint density at radius 3 is 2.57 bits per heavy atom. The van der Waals surface area contributed by atoms with Crippen molar-refractivity contribution in [3.05, 3.63) is 46.4 Å². The lowest BCUT2D eigenvalue weighted by Crippen LogP contribution is -2.49. The van der Waals surface area contributed by atoms with Crippen LogP contribution in [0.1, 0.15) is 24.3 Å². The molecule has 1 aliphatic rings. The van der Waals surface area contributed by atoms with Gasteiger partial charge in [0.2, 0.25) is 0 Å². The van der Waals surface area contributed by atoms with Gasteiger partial charge in [-0.1, -0.05) is 32.0 Å². The molecular formula is C18H23N3O2. The maximum atomic E-state index is 12.7. The molecule has 5 nitrogen and oxygen atoms in total. The number of H-pyrrole nitrogens is 1. The van der Waals surface area contributed by atoms with E-state index in [2.05, 4.69) is 23.7 Å². The molecule has 2 heterocycles. The number of amides is 1. The van der Waals surface area contributed by atoms with Crippen LogP contribution in [-0.2, 0) is 0 Å². The Morgan fingerprint density at radius 2 is 1.87 bits per heavy atom. The Labute approximate surface area is 135 Å². The number of rotatable bonds is 3. The van der Waals surface area contributed by atoms with E-state index >= 15 is 0 Å². The van der Waals surface area contributed by atoms with Crippen molar-refractivity contribution in [3.8, 4) is 0 Å². The second-order valence-corrected chi connectivity index (χ2v) is 6.59. The molecule has 1 fully saturated rings. The lowest BCUT2D eigenvalue weighted by Gasteiger charge is -2.35. The monoisotopic (exact) mass is 313 g/mol. The quantitative estimate of drug-likeness (QED) is 0.942. The van der Waals surface area contributed by atoms with Gasteiger partial charge < -0.3 is 9.88 Å². The fourth-order valence-corrected chi connectivity index (χ4v) is 3.15. The Kier molecular flexibility index (Phi) is 4.48. The first-order valence-electron chi connectivity index (χ1n) is 8.18. The Hall–Kier alpha value is -2.14. The van der Waals surface area contributed by atoms with Gasteiger partial charge in [-0.05, 0) is 23.4 Å². The molecule has 1 aromatic carbocycles. The first-order valence-corrected chi connectivity index (χ1v) is 8.18. The molecule has 1 N–H and O–H groups in total. The lowest BCUT2D eigenvalue weighted by molar-refractivity contribution is 0.0618. The maximum absolute atomic E-state index is 12.7. The molecule has 0 unspecified atom stereocenters. The van der Waals surface area contributed by atoms with E-state index < -0.39 is 0 Å². The minimum atomic E-state index is -0.204. The van der Waals surface area contributed by atoms with Crippen molar-refractivity contribution in [2.45, 2.75) is 13.8 Å². The summed E-state index contributed by atoms with van der Waals surface area (Å²) in [6.07, 6.45) is 0. The van der Waals surface area contributed by atoms with Crippen molar-refractivity contribution in [3.63, 3.8) is 0 Å². The molecule has 1 saturated heterocycles. The molecule has 0 radical (unpaired) electrons. The molecule has 0 saturated carbocycles. The molecule has 2 aromatic rings. The summed E-state index contributed by atoms with van der Waals surface area (Å²) in [4.78, 5) is 31.7. The lowest BCUT2D eigenvalue weighted by atomic mass is 10.1. The highest BCUT2D eigenvalue weighted by molar-refractivity contribution is 5.96. The number of carbonyl (C=O) groups excluding carboxylic acids is 1. The number of fused-ring (bicyclic) bond motifs is 1. The molecule has 1 aromatic heterocycles. The van der Waals surface area contributed by atoms with Gasteiger partial charge in [0.05, 0.1) is 0 Å². The Morgan fingerprint density at radius 1 is 1.17 bits per heavy atom. The predicted octanol–water partition coefficient (Wildman–Crippen LogP) is 1.94. The van der Waals surface area contributed by atoms with Crippen LogP contribution in [-0.4, -0.2) is 53.4 Å². The second-order valence-electron chi connectivity index (χ2n) is 6.59. The van der Waals surface area contributed by atoms with Gasteiger partial charge in [-0.25, -0.2) is 0 Å².